The molecular weight excluding hydrogens is 362 g/mol. The first-order chi connectivity index (χ1) is 10.7. The summed E-state index contributed by atoms with van der Waals surface area (Å²) in [4.78, 5) is 13.4. The molecule has 2 aromatic carbocycles. The standard InChI is InChI=1S/C17H18BrNO2S/c1-21-13-8-9-16(18)15(12-13)17(20)19-10-5-11-22-14-6-3-2-4-7-14/h2-4,6-9,12H,5,10-11H2,1H3,(H,19,20). The maximum Gasteiger partial charge on any atom is 0.252 e. The Morgan fingerprint density at radius 1 is 1.23 bits per heavy atom. The highest BCUT2D eigenvalue weighted by Gasteiger charge is 2.10. The van der Waals surface area contributed by atoms with Gasteiger partial charge in [0.2, 0.25) is 0 Å². The molecule has 0 radical (unpaired) electrons. The smallest absolute Gasteiger partial charge is 0.252 e. The van der Waals surface area contributed by atoms with Crippen LogP contribution in [0.1, 0.15) is 16.8 Å². The molecule has 1 amide bonds. The Morgan fingerprint density at radius 2 is 2.00 bits per heavy atom. The summed E-state index contributed by atoms with van der Waals surface area (Å²) < 4.78 is 5.92. The van der Waals surface area contributed by atoms with E-state index in [2.05, 4.69) is 33.4 Å². The molecule has 0 spiro atoms. The van der Waals surface area contributed by atoms with Crippen LogP contribution in [0.5, 0.6) is 5.75 Å². The average molecular weight is 380 g/mol. The lowest BCUT2D eigenvalue weighted by Crippen LogP contribution is -2.25. The van der Waals surface area contributed by atoms with Gasteiger partial charge in [-0.15, -0.1) is 11.8 Å². The maximum absolute atomic E-state index is 12.2. The molecular formula is C17H18BrNO2S. The minimum atomic E-state index is -0.0875. The number of hydrogen-bond acceptors (Lipinski definition) is 3. The number of carbonyl (C=O) groups is 1. The highest BCUT2D eigenvalue weighted by molar-refractivity contribution is 9.10. The minimum absolute atomic E-state index is 0.0875. The Bertz CT molecular complexity index is 619. The molecule has 0 saturated heterocycles. The van der Waals surface area contributed by atoms with Crippen LogP contribution < -0.4 is 10.1 Å². The Balaban J connectivity index is 1.76. The van der Waals surface area contributed by atoms with Crippen LogP contribution in [0.3, 0.4) is 0 Å². The van der Waals surface area contributed by atoms with Crippen molar-refractivity contribution in [3.8, 4) is 5.75 Å². The summed E-state index contributed by atoms with van der Waals surface area (Å²) in [6.45, 7) is 0.655. The summed E-state index contributed by atoms with van der Waals surface area (Å²) in [6, 6.07) is 15.6. The van der Waals surface area contributed by atoms with Crippen LogP contribution in [-0.4, -0.2) is 25.3 Å². The van der Waals surface area contributed by atoms with Crippen molar-refractivity contribution in [1.82, 2.24) is 5.32 Å². The van der Waals surface area contributed by atoms with Crippen LogP contribution in [0.25, 0.3) is 0 Å². The maximum atomic E-state index is 12.2. The van der Waals surface area contributed by atoms with Crippen LogP contribution in [0.15, 0.2) is 57.9 Å². The van der Waals surface area contributed by atoms with Crippen LogP contribution >= 0.6 is 27.7 Å². The Hall–Kier alpha value is -1.46. The molecule has 116 valence electrons. The van der Waals surface area contributed by atoms with Crippen LogP contribution in [0, 0.1) is 0 Å². The number of methoxy groups -OCH3 is 1. The van der Waals surface area contributed by atoms with Gasteiger partial charge in [0.15, 0.2) is 0 Å². The number of thioether (sulfide) groups is 1. The largest absolute Gasteiger partial charge is 0.497 e. The highest BCUT2D eigenvalue weighted by atomic mass is 79.9. The number of ether oxygens (including phenoxy) is 1. The minimum Gasteiger partial charge on any atom is -0.497 e. The number of nitrogens with one attached hydrogen (secondary N) is 1. The van der Waals surface area contributed by atoms with Gasteiger partial charge in [-0.3, -0.25) is 4.79 Å². The van der Waals surface area contributed by atoms with Gasteiger partial charge in [-0.05, 0) is 58.4 Å². The van der Waals surface area contributed by atoms with Gasteiger partial charge in [-0.2, -0.15) is 0 Å². The van der Waals surface area contributed by atoms with Gasteiger partial charge in [0.1, 0.15) is 5.75 Å². The monoisotopic (exact) mass is 379 g/mol. The van der Waals surface area contributed by atoms with Crippen molar-refractivity contribution >= 4 is 33.6 Å². The third-order valence-electron chi connectivity index (χ3n) is 3.04. The SMILES string of the molecule is COc1ccc(Br)c(C(=O)NCCCSc2ccccc2)c1. The van der Waals surface area contributed by atoms with Gasteiger partial charge in [0.05, 0.1) is 12.7 Å². The van der Waals surface area contributed by atoms with Crippen molar-refractivity contribution in [1.29, 1.82) is 0 Å². The van der Waals surface area contributed by atoms with Gasteiger partial charge in [0.25, 0.3) is 5.91 Å². The summed E-state index contributed by atoms with van der Waals surface area (Å²) in [5.74, 6) is 1.56. The van der Waals surface area contributed by atoms with Gasteiger partial charge >= 0.3 is 0 Å². The van der Waals surface area contributed by atoms with E-state index in [1.165, 1.54) is 4.90 Å². The molecule has 0 aliphatic rings. The zero-order chi connectivity index (χ0) is 15.8. The first kappa shape index (κ1) is 16.9. The molecule has 0 heterocycles. The average Bonchev–Trinajstić information content (AvgIpc) is 2.55. The van der Waals surface area contributed by atoms with E-state index >= 15 is 0 Å². The molecule has 0 bridgehead atoms. The van der Waals surface area contributed by atoms with E-state index in [9.17, 15) is 4.79 Å². The van der Waals surface area contributed by atoms with Crippen LogP contribution in [0.4, 0.5) is 0 Å². The van der Waals surface area contributed by atoms with E-state index in [0.29, 0.717) is 17.9 Å². The zero-order valence-electron chi connectivity index (χ0n) is 12.3. The molecule has 2 aromatic rings. The highest BCUT2D eigenvalue weighted by Crippen LogP contribution is 2.22. The quantitative estimate of drug-likeness (QED) is 0.573. The summed E-state index contributed by atoms with van der Waals surface area (Å²) in [5, 5.41) is 2.94. The van der Waals surface area contributed by atoms with E-state index in [-0.39, 0.29) is 5.91 Å². The Kier molecular flexibility index (Phi) is 6.80. The van der Waals surface area contributed by atoms with E-state index in [0.717, 1.165) is 16.6 Å². The molecule has 5 heteroatoms. The molecule has 0 saturated carbocycles. The topological polar surface area (TPSA) is 38.3 Å². The van der Waals surface area contributed by atoms with E-state index in [1.807, 2.05) is 30.3 Å². The lowest BCUT2D eigenvalue weighted by Gasteiger charge is -2.08. The Morgan fingerprint density at radius 3 is 2.73 bits per heavy atom. The van der Waals surface area contributed by atoms with Crippen molar-refractivity contribution in [3.63, 3.8) is 0 Å². The first-order valence-electron chi connectivity index (χ1n) is 7.00. The fourth-order valence-corrected chi connectivity index (χ4v) is 3.18. The molecule has 0 unspecified atom stereocenters. The lowest BCUT2D eigenvalue weighted by molar-refractivity contribution is 0.0952. The molecule has 0 aromatic heterocycles. The number of carbonyl (C=O) groups excluding carboxylic acids is 1. The van der Waals surface area contributed by atoms with Gasteiger partial charge in [-0.1, -0.05) is 18.2 Å². The van der Waals surface area contributed by atoms with E-state index in [4.69, 9.17) is 4.74 Å². The molecule has 3 nitrogen and oxygen atoms in total. The lowest BCUT2D eigenvalue weighted by atomic mass is 10.2. The third-order valence-corrected chi connectivity index (χ3v) is 4.83. The van der Waals surface area contributed by atoms with Crippen molar-refractivity contribution in [2.24, 2.45) is 0 Å². The molecule has 0 aliphatic carbocycles. The summed E-state index contributed by atoms with van der Waals surface area (Å²) in [7, 11) is 1.59. The number of rotatable bonds is 7. The number of amides is 1. The molecule has 0 aliphatic heterocycles. The van der Waals surface area contributed by atoms with E-state index < -0.39 is 0 Å². The number of halogens is 1. The van der Waals surface area contributed by atoms with Crippen molar-refractivity contribution in [3.05, 3.63) is 58.6 Å². The number of hydrogen-bond donors (Lipinski definition) is 1. The fraction of sp³-hybridized carbons (Fsp3) is 0.235. The van der Waals surface area contributed by atoms with Crippen molar-refractivity contribution < 1.29 is 9.53 Å². The second-order valence-electron chi connectivity index (χ2n) is 4.62. The summed E-state index contributed by atoms with van der Waals surface area (Å²) in [5.41, 5.74) is 0.593. The molecule has 1 N–H and O–H groups in total. The second kappa shape index (κ2) is 8.86. The Labute approximate surface area is 143 Å². The molecule has 0 fully saturated rings. The molecule has 22 heavy (non-hydrogen) atoms. The van der Waals surface area contributed by atoms with Crippen LogP contribution in [-0.2, 0) is 0 Å². The van der Waals surface area contributed by atoms with Crippen molar-refractivity contribution in [2.45, 2.75) is 11.3 Å². The zero-order valence-corrected chi connectivity index (χ0v) is 14.7. The van der Waals surface area contributed by atoms with E-state index in [1.54, 1.807) is 24.9 Å². The predicted molar refractivity (Wildman–Crippen MR) is 94.8 cm³/mol. The fourth-order valence-electron chi connectivity index (χ4n) is 1.88. The van der Waals surface area contributed by atoms with Gasteiger partial charge < -0.3 is 10.1 Å². The molecule has 0 atom stereocenters. The first-order valence-corrected chi connectivity index (χ1v) is 8.78. The van der Waals surface area contributed by atoms with Crippen LogP contribution in [0.2, 0.25) is 0 Å². The number of benzene rings is 2. The van der Waals surface area contributed by atoms with Gasteiger partial charge in [0, 0.05) is 15.9 Å². The summed E-state index contributed by atoms with van der Waals surface area (Å²) >= 11 is 5.19. The van der Waals surface area contributed by atoms with Gasteiger partial charge in [-0.25, -0.2) is 0 Å². The normalized spacial score (nSPS) is 10.3. The molecule has 2 rings (SSSR count). The predicted octanol–water partition coefficient (Wildman–Crippen LogP) is 4.37. The third kappa shape index (κ3) is 5.07. The second-order valence-corrected chi connectivity index (χ2v) is 6.64. The summed E-state index contributed by atoms with van der Waals surface area (Å²) in [6.07, 6.45) is 0.924. The van der Waals surface area contributed by atoms with Crippen molar-refractivity contribution in [2.75, 3.05) is 19.4 Å².